The lowest BCUT2D eigenvalue weighted by atomic mass is 10.1. The van der Waals surface area contributed by atoms with Gasteiger partial charge < -0.3 is 10.0 Å². The number of likely N-dealkylation sites (tertiary alicyclic amines) is 1. The van der Waals surface area contributed by atoms with Crippen molar-refractivity contribution in [1.29, 1.82) is 0 Å². The molecule has 0 bridgehead atoms. The second-order valence-corrected chi connectivity index (χ2v) is 9.60. The van der Waals surface area contributed by atoms with Gasteiger partial charge in [-0.25, -0.2) is 4.79 Å². The molecular formula is C22H23NO4S2. The van der Waals surface area contributed by atoms with Gasteiger partial charge in [0, 0.05) is 28.2 Å². The Hall–Kier alpha value is -2.25. The summed E-state index contributed by atoms with van der Waals surface area (Å²) >= 11 is 2.54. The van der Waals surface area contributed by atoms with Gasteiger partial charge in [-0.05, 0) is 12.1 Å². The number of carbonyl (C=O) groups excluding carboxylic acids is 2. The lowest BCUT2D eigenvalue weighted by Gasteiger charge is -2.25. The summed E-state index contributed by atoms with van der Waals surface area (Å²) in [5, 5.41) is 8.99. The summed E-state index contributed by atoms with van der Waals surface area (Å²) in [6.07, 6.45) is 0. The number of aliphatic carboxylic acids is 1. The zero-order valence-electron chi connectivity index (χ0n) is 16.2. The number of thioether (sulfide) groups is 2. The molecule has 0 aliphatic carbocycles. The Balaban J connectivity index is 1.91. The molecule has 1 amide bonds. The lowest BCUT2D eigenvalue weighted by molar-refractivity contribution is -0.149. The number of carboxylic acids is 1. The van der Waals surface area contributed by atoms with E-state index in [0.29, 0.717) is 12.1 Å². The minimum absolute atomic E-state index is 0.181. The highest BCUT2D eigenvalue weighted by Gasteiger charge is 2.50. The van der Waals surface area contributed by atoms with Gasteiger partial charge in [-0.15, -0.1) is 11.8 Å². The summed E-state index contributed by atoms with van der Waals surface area (Å²) < 4.78 is 0. The Bertz CT molecular complexity index is 873. The first-order valence-corrected chi connectivity index (χ1v) is 11.2. The van der Waals surface area contributed by atoms with Crippen molar-refractivity contribution in [2.45, 2.75) is 35.3 Å². The number of hydrogen-bond donors (Lipinski definition) is 1. The van der Waals surface area contributed by atoms with Gasteiger partial charge >= 0.3 is 5.97 Å². The van der Waals surface area contributed by atoms with Crippen molar-refractivity contribution in [3.8, 4) is 0 Å². The number of amides is 1. The quantitative estimate of drug-likeness (QED) is 0.747. The van der Waals surface area contributed by atoms with Gasteiger partial charge in [-0.1, -0.05) is 74.1 Å². The van der Waals surface area contributed by atoms with Crippen molar-refractivity contribution >= 4 is 40.5 Å². The number of carboxylic acid groups (broad SMARTS) is 1. The highest BCUT2D eigenvalue weighted by molar-refractivity contribution is 8.15. The van der Waals surface area contributed by atoms with Crippen LogP contribution < -0.4 is 0 Å². The maximum absolute atomic E-state index is 12.8. The van der Waals surface area contributed by atoms with Gasteiger partial charge in [0.05, 0.1) is 5.25 Å². The molecule has 3 rings (SSSR count). The molecule has 0 radical (unpaired) electrons. The summed E-state index contributed by atoms with van der Waals surface area (Å²) in [6, 6.07) is 17.4. The average Bonchev–Trinajstić information content (AvgIpc) is 3.06. The third-order valence-electron chi connectivity index (χ3n) is 4.70. The Morgan fingerprint density at radius 1 is 1.00 bits per heavy atom. The highest BCUT2D eigenvalue weighted by atomic mass is 32.2. The number of rotatable bonds is 6. The number of nitrogens with zero attached hydrogens (tertiary/aromatic N) is 1. The molecule has 1 aliphatic heterocycles. The number of carbonyl (C=O) groups is 3. The summed E-state index contributed by atoms with van der Waals surface area (Å²) in [5.41, 5.74) is 0.527. The van der Waals surface area contributed by atoms with E-state index in [1.807, 2.05) is 36.4 Å². The van der Waals surface area contributed by atoms with E-state index in [-0.39, 0.29) is 22.2 Å². The maximum Gasteiger partial charge on any atom is 0.327 e. The van der Waals surface area contributed by atoms with E-state index in [0.717, 1.165) is 16.7 Å². The third-order valence-corrected chi connectivity index (χ3v) is 7.47. The van der Waals surface area contributed by atoms with Crippen molar-refractivity contribution in [2.24, 2.45) is 5.92 Å². The molecule has 1 heterocycles. The van der Waals surface area contributed by atoms with Crippen molar-refractivity contribution in [2.75, 3.05) is 6.54 Å². The highest BCUT2D eigenvalue weighted by Crippen LogP contribution is 2.41. The van der Waals surface area contributed by atoms with E-state index in [4.69, 9.17) is 0 Å². The Morgan fingerprint density at radius 3 is 2.14 bits per heavy atom. The summed E-state index contributed by atoms with van der Waals surface area (Å²) in [5.74, 6) is -1.59. The molecule has 3 atom stereocenters. The molecule has 1 aliphatic rings. The third kappa shape index (κ3) is 5.03. The minimum Gasteiger partial charge on any atom is -0.480 e. The SMILES string of the molecule is CC(C)C(=O)N1C[C@H](Sc2ccccc2)C(SC(=O)c2ccccc2)[C@@H]1C(=O)O. The van der Waals surface area contributed by atoms with Crippen LogP contribution in [0.1, 0.15) is 24.2 Å². The molecule has 0 aromatic heterocycles. The van der Waals surface area contributed by atoms with Crippen LogP contribution >= 0.6 is 23.5 Å². The molecule has 1 saturated heterocycles. The van der Waals surface area contributed by atoms with Gasteiger partial charge in [0.1, 0.15) is 6.04 Å². The Labute approximate surface area is 178 Å². The van der Waals surface area contributed by atoms with E-state index >= 15 is 0 Å². The van der Waals surface area contributed by atoms with Gasteiger partial charge in [-0.2, -0.15) is 0 Å². The zero-order valence-corrected chi connectivity index (χ0v) is 17.9. The molecule has 1 N–H and O–H groups in total. The summed E-state index contributed by atoms with van der Waals surface area (Å²) in [4.78, 5) is 40.1. The topological polar surface area (TPSA) is 74.7 Å². The van der Waals surface area contributed by atoms with Crippen molar-refractivity contribution in [3.63, 3.8) is 0 Å². The average molecular weight is 430 g/mol. The van der Waals surface area contributed by atoms with Crippen LogP contribution in [0.5, 0.6) is 0 Å². The fourth-order valence-corrected chi connectivity index (χ4v) is 5.97. The number of benzene rings is 2. The van der Waals surface area contributed by atoms with E-state index in [2.05, 4.69) is 0 Å². The van der Waals surface area contributed by atoms with Crippen LogP contribution in [0.2, 0.25) is 0 Å². The predicted molar refractivity (Wildman–Crippen MR) is 116 cm³/mol. The van der Waals surface area contributed by atoms with E-state index in [1.54, 1.807) is 38.1 Å². The monoisotopic (exact) mass is 429 g/mol. The largest absolute Gasteiger partial charge is 0.480 e. The molecular weight excluding hydrogens is 406 g/mol. The first kappa shape index (κ1) is 21.5. The van der Waals surface area contributed by atoms with Gasteiger partial charge in [0.15, 0.2) is 0 Å². The molecule has 2 aromatic carbocycles. The molecule has 0 spiro atoms. The molecule has 152 valence electrons. The van der Waals surface area contributed by atoms with E-state index in [1.165, 1.54) is 16.7 Å². The normalized spacial score (nSPS) is 21.3. The standard InChI is InChI=1S/C22H23NO4S2/c1-14(2)20(24)23-13-17(28-16-11-7-4-8-12-16)19(18(23)21(25)26)29-22(27)15-9-5-3-6-10-15/h3-12,14,17-19H,13H2,1-2H3,(H,25,26)/t17-,18+,19?/m0/s1. The molecule has 1 fully saturated rings. The molecule has 0 saturated carbocycles. The molecule has 2 aromatic rings. The lowest BCUT2D eigenvalue weighted by Crippen LogP contribution is -2.46. The van der Waals surface area contributed by atoms with Crippen LogP contribution in [0.15, 0.2) is 65.6 Å². The second-order valence-electron chi connectivity index (χ2n) is 7.13. The van der Waals surface area contributed by atoms with E-state index < -0.39 is 17.3 Å². The molecule has 29 heavy (non-hydrogen) atoms. The van der Waals surface area contributed by atoms with Crippen molar-refractivity contribution in [1.82, 2.24) is 4.90 Å². The molecule has 5 nitrogen and oxygen atoms in total. The summed E-state index contributed by atoms with van der Waals surface area (Å²) in [7, 11) is 0. The van der Waals surface area contributed by atoms with Crippen LogP contribution in [0.25, 0.3) is 0 Å². The summed E-state index contributed by atoms with van der Waals surface area (Å²) in [6.45, 7) is 3.82. The van der Waals surface area contributed by atoms with E-state index in [9.17, 15) is 19.5 Å². The minimum atomic E-state index is -1.08. The maximum atomic E-state index is 12.8. The fourth-order valence-electron chi connectivity index (χ4n) is 3.31. The van der Waals surface area contributed by atoms with Crippen LogP contribution in [0.4, 0.5) is 0 Å². The first-order valence-electron chi connectivity index (χ1n) is 9.39. The first-order chi connectivity index (χ1) is 13.9. The number of hydrogen-bond acceptors (Lipinski definition) is 5. The van der Waals surface area contributed by atoms with Crippen LogP contribution in [-0.4, -0.2) is 50.1 Å². The Morgan fingerprint density at radius 2 is 1.59 bits per heavy atom. The van der Waals surface area contributed by atoms with Gasteiger partial charge in [0.25, 0.3) is 0 Å². The fraction of sp³-hybridized carbons (Fsp3) is 0.318. The zero-order chi connectivity index (χ0) is 21.0. The smallest absolute Gasteiger partial charge is 0.327 e. The van der Waals surface area contributed by atoms with Gasteiger partial charge in [-0.3, -0.25) is 9.59 Å². The molecule has 1 unspecified atom stereocenters. The van der Waals surface area contributed by atoms with Gasteiger partial charge in [0.2, 0.25) is 11.0 Å². The van der Waals surface area contributed by atoms with Crippen LogP contribution in [0, 0.1) is 5.92 Å². The predicted octanol–water partition coefficient (Wildman–Crippen LogP) is 4.04. The van der Waals surface area contributed by atoms with Crippen molar-refractivity contribution in [3.05, 3.63) is 66.2 Å². The second kappa shape index (κ2) is 9.50. The Kier molecular flexibility index (Phi) is 7.03. The van der Waals surface area contributed by atoms with Crippen LogP contribution in [0.3, 0.4) is 0 Å². The molecule has 7 heteroatoms. The van der Waals surface area contributed by atoms with Crippen LogP contribution in [-0.2, 0) is 9.59 Å². The van der Waals surface area contributed by atoms with Crippen molar-refractivity contribution < 1.29 is 19.5 Å².